The molecule has 0 fully saturated rings. The molecular formula is C9H9CaClNOP. The summed E-state index contributed by atoms with van der Waals surface area (Å²) < 4.78 is 10.5. The van der Waals surface area contributed by atoms with Crippen LogP contribution in [0.3, 0.4) is 0 Å². The molecule has 0 aliphatic heterocycles. The van der Waals surface area contributed by atoms with Gasteiger partial charge in [-0.15, -0.1) is 12.4 Å². The SMILES string of the molecule is Cl.O=Pc1ccc2ccccc2n1.[CaH2]. The van der Waals surface area contributed by atoms with Crippen molar-refractivity contribution in [1.29, 1.82) is 0 Å². The Morgan fingerprint density at radius 1 is 1.07 bits per heavy atom. The maximum absolute atomic E-state index is 10.5. The van der Waals surface area contributed by atoms with E-state index >= 15 is 0 Å². The van der Waals surface area contributed by atoms with Crippen LogP contribution in [0.4, 0.5) is 0 Å². The Morgan fingerprint density at radius 3 is 2.50 bits per heavy atom. The standard InChI is InChI=1S/C9H6NOP.Ca.ClH.2H/c11-12-9-6-5-7-3-1-2-4-8(7)10-9;;;;/h1-6H;;1H;;. The number of fused-ring (bicyclic) bond motifs is 1. The van der Waals surface area contributed by atoms with Crippen molar-refractivity contribution in [2.24, 2.45) is 0 Å². The van der Waals surface area contributed by atoms with Crippen molar-refractivity contribution < 1.29 is 4.57 Å². The molecule has 1 aromatic carbocycles. The van der Waals surface area contributed by atoms with E-state index in [0.29, 0.717) is 5.44 Å². The molecule has 0 aliphatic rings. The monoisotopic (exact) mass is 253 g/mol. The Hall–Kier alpha value is 0.280. The van der Waals surface area contributed by atoms with Gasteiger partial charge in [0.1, 0.15) is 5.44 Å². The summed E-state index contributed by atoms with van der Waals surface area (Å²) in [5, 5.41) is 1.07. The summed E-state index contributed by atoms with van der Waals surface area (Å²) in [6.07, 6.45) is 0. The van der Waals surface area contributed by atoms with E-state index in [9.17, 15) is 4.57 Å². The average Bonchev–Trinajstić information content (AvgIpc) is 2.17. The number of hydrogen-bond donors (Lipinski definition) is 0. The number of aromatic nitrogens is 1. The molecule has 0 aliphatic carbocycles. The molecule has 0 saturated heterocycles. The molecule has 70 valence electrons. The van der Waals surface area contributed by atoms with Gasteiger partial charge in [-0.3, -0.25) is 4.57 Å². The Kier molecular flexibility index (Phi) is 6.84. The van der Waals surface area contributed by atoms with Crippen LogP contribution in [0.25, 0.3) is 10.9 Å². The van der Waals surface area contributed by atoms with Crippen LogP contribution < -0.4 is 5.44 Å². The van der Waals surface area contributed by atoms with Gasteiger partial charge < -0.3 is 0 Å². The van der Waals surface area contributed by atoms with Crippen LogP contribution >= 0.6 is 20.9 Å². The van der Waals surface area contributed by atoms with Crippen LogP contribution in [0.15, 0.2) is 36.4 Å². The van der Waals surface area contributed by atoms with E-state index in [1.165, 1.54) is 0 Å². The van der Waals surface area contributed by atoms with Crippen LogP contribution in [0.5, 0.6) is 0 Å². The van der Waals surface area contributed by atoms with Gasteiger partial charge in [0.05, 0.1) is 5.52 Å². The molecule has 0 saturated carbocycles. The van der Waals surface area contributed by atoms with Gasteiger partial charge in [0.25, 0.3) is 0 Å². The van der Waals surface area contributed by atoms with Gasteiger partial charge in [0.15, 0.2) is 0 Å². The first kappa shape index (κ1) is 14.3. The molecule has 2 aromatic rings. The molecule has 0 spiro atoms. The van der Waals surface area contributed by atoms with Gasteiger partial charge >= 0.3 is 37.7 Å². The van der Waals surface area contributed by atoms with Crippen LogP contribution in [-0.4, -0.2) is 42.7 Å². The third-order valence-corrected chi connectivity index (χ3v) is 2.11. The number of hydrogen-bond acceptors (Lipinski definition) is 2. The van der Waals surface area contributed by atoms with E-state index in [0.717, 1.165) is 10.9 Å². The van der Waals surface area contributed by atoms with Gasteiger partial charge in [0, 0.05) is 5.39 Å². The maximum atomic E-state index is 10.5. The third kappa shape index (κ3) is 3.15. The van der Waals surface area contributed by atoms with Crippen molar-refractivity contribution in [1.82, 2.24) is 4.98 Å². The quantitative estimate of drug-likeness (QED) is 0.572. The number of nitrogens with zero attached hydrogens (tertiary/aromatic N) is 1. The summed E-state index contributed by atoms with van der Waals surface area (Å²) in [4.78, 5) is 4.17. The predicted molar refractivity (Wildman–Crippen MR) is 64.8 cm³/mol. The fourth-order valence-electron chi connectivity index (χ4n) is 1.11. The second-order valence-electron chi connectivity index (χ2n) is 2.45. The first-order valence-electron chi connectivity index (χ1n) is 3.59. The molecule has 0 N–H and O–H groups in total. The van der Waals surface area contributed by atoms with E-state index in [1.54, 1.807) is 6.07 Å². The van der Waals surface area contributed by atoms with Crippen molar-refractivity contribution in [2.45, 2.75) is 0 Å². The molecule has 0 atom stereocenters. The molecular weight excluding hydrogens is 245 g/mol. The molecule has 0 amide bonds. The average molecular weight is 254 g/mol. The summed E-state index contributed by atoms with van der Waals surface area (Å²) in [6, 6.07) is 11.4. The van der Waals surface area contributed by atoms with E-state index in [4.69, 9.17) is 0 Å². The van der Waals surface area contributed by atoms with Gasteiger partial charge in [-0.2, -0.15) is 0 Å². The van der Waals surface area contributed by atoms with Crippen LogP contribution in [0.2, 0.25) is 0 Å². The van der Waals surface area contributed by atoms with E-state index < -0.39 is 0 Å². The van der Waals surface area contributed by atoms with Crippen molar-refractivity contribution in [3.63, 3.8) is 0 Å². The molecule has 5 heteroatoms. The minimum atomic E-state index is -0.0226. The number of benzene rings is 1. The number of pyridine rings is 1. The zero-order chi connectivity index (χ0) is 8.39. The zero-order valence-electron chi connectivity index (χ0n) is 6.68. The number of halogens is 1. The molecule has 2 rings (SSSR count). The second-order valence-corrected chi connectivity index (χ2v) is 3.09. The summed E-state index contributed by atoms with van der Waals surface area (Å²) in [5.41, 5.74) is 1.46. The van der Waals surface area contributed by atoms with E-state index in [-0.39, 0.29) is 58.6 Å². The Labute approximate surface area is 120 Å². The van der Waals surface area contributed by atoms with E-state index in [1.807, 2.05) is 30.3 Å². The fourth-order valence-corrected chi connectivity index (χ4v) is 1.39. The molecule has 1 aromatic heterocycles. The molecule has 0 unspecified atom stereocenters. The van der Waals surface area contributed by atoms with Crippen molar-refractivity contribution in [3.8, 4) is 0 Å². The first-order chi connectivity index (χ1) is 5.90. The van der Waals surface area contributed by atoms with Gasteiger partial charge in [-0.05, 0) is 12.1 Å². The zero-order valence-corrected chi connectivity index (χ0v) is 8.39. The Morgan fingerprint density at radius 2 is 1.79 bits per heavy atom. The molecule has 0 radical (unpaired) electrons. The molecule has 1 heterocycles. The van der Waals surface area contributed by atoms with Crippen molar-refractivity contribution in [2.75, 3.05) is 0 Å². The molecule has 2 nitrogen and oxygen atoms in total. The topological polar surface area (TPSA) is 30.0 Å². The Balaban J connectivity index is 0.000000845. The predicted octanol–water partition coefficient (Wildman–Crippen LogP) is 1.66. The summed E-state index contributed by atoms with van der Waals surface area (Å²) in [5.74, 6) is 0. The molecule has 0 bridgehead atoms. The minimum absolute atomic E-state index is 0. The van der Waals surface area contributed by atoms with Gasteiger partial charge in [0.2, 0.25) is 8.46 Å². The van der Waals surface area contributed by atoms with Crippen LogP contribution in [0.1, 0.15) is 0 Å². The summed E-state index contributed by atoms with van der Waals surface area (Å²) in [7, 11) is -0.0226. The summed E-state index contributed by atoms with van der Waals surface area (Å²) >= 11 is 0. The first-order valence-corrected chi connectivity index (χ1v) is 4.40. The van der Waals surface area contributed by atoms with Crippen molar-refractivity contribution >= 4 is 74.9 Å². The number of rotatable bonds is 1. The van der Waals surface area contributed by atoms with E-state index in [2.05, 4.69) is 4.98 Å². The van der Waals surface area contributed by atoms with Gasteiger partial charge in [-0.1, -0.05) is 24.3 Å². The number of para-hydroxylation sites is 1. The van der Waals surface area contributed by atoms with Gasteiger partial charge in [-0.25, -0.2) is 4.98 Å². The third-order valence-electron chi connectivity index (χ3n) is 1.68. The molecule has 14 heavy (non-hydrogen) atoms. The second kappa shape index (κ2) is 6.71. The normalized spacial score (nSPS) is 9.14. The fraction of sp³-hybridized carbons (Fsp3) is 0. The van der Waals surface area contributed by atoms with Crippen molar-refractivity contribution in [3.05, 3.63) is 36.4 Å². The van der Waals surface area contributed by atoms with Crippen LogP contribution in [-0.2, 0) is 4.57 Å². The Bertz CT molecular complexity index is 438. The summed E-state index contributed by atoms with van der Waals surface area (Å²) in [6.45, 7) is 0. The van der Waals surface area contributed by atoms with Crippen LogP contribution in [0, 0.1) is 0 Å².